The number of aryl methyl sites for hydroxylation is 1. The summed E-state index contributed by atoms with van der Waals surface area (Å²) in [5.41, 5.74) is -3.13. The molecule has 1 amide bonds. The van der Waals surface area contributed by atoms with Crippen molar-refractivity contribution < 1.29 is 32.6 Å². The van der Waals surface area contributed by atoms with Crippen molar-refractivity contribution in [1.29, 1.82) is 0 Å². The van der Waals surface area contributed by atoms with Gasteiger partial charge in [-0.15, -0.1) is 11.6 Å². The van der Waals surface area contributed by atoms with E-state index in [2.05, 4.69) is 10.1 Å². The quantitative estimate of drug-likeness (QED) is 0.650. The third kappa shape index (κ3) is 3.50. The van der Waals surface area contributed by atoms with Gasteiger partial charge in [-0.3, -0.25) is 4.79 Å². The molecule has 5 nitrogen and oxygen atoms in total. The molecular formula is C13H13ClF3NO4. The maximum atomic E-state index is 12.9. The summed E-state index contributed by atoms with van der Waals surface area (Å²) in [5.74, 6) is -3.46. The minimum atomic E-state index is -5.49. The zero-order chi connectivity index (χ0) is 17.1. The average Bonchev–Trinajstić information content (AvgIpc) is 2.45. The molecule has 22 heavy (non-hydrogen) atoms. The molecule has 0 aromatic heterocycles. The van der Waals surface area contributed by atoms with Gasteiger partial charge in [0.15, 0.2) is 5.38 Å². The number of halogens is 4. The van der Waals surface area contributed by atoms with E-state index in [1.807, 2.05) is 0 Å². The number of benzene rings is 1. The van der Waals surface area contributed by atoms with Crippen LogP contribution in [-0.2, 0) is 14.3 Å². The number of methoxy groups -OCH3 is 1. The predicted octanol–water partition coefficient (Wildman–Crippen LogP) is 2.01. The highest BCUT2D eigenvalue weighted by atomic mass is 35.5. The summed E-state index contributed by atoms with van der Waals surface area (Å²) >= 11 is 5.40. The van der Waals surface area contributed by atoms with E-state index >= 15 is 0 Å². The lowest BCUT2D eigenvalue weighted by molar-refractivity contribution is -0.260. The number of rotatable bonds is 4. The van der Waals surface area contributed by atoms with Crippen molar-refractivity contribution in [3.63, 3.8) is 0 Å². The molecule has 0 spiro atoms. The van der Waals surface area contributed by atoms with Crippen LogP contribution in [0.2, 0.25) is 0 Å². The Hall–Kier alpha value is -1.80. The second-order valence-electron chi connectivity index (χ2n) is 4.47. The number of hydrogen-bond donors (Lipinski definition) is 2. The molecule has 0 fully saturated rings. The van der Waals surface area contributed by atoms with Gasteiger partial charge >= 0.3 is 12.1 Å². The molecule has 0 aliphatic heterocycles. The molecular weight excluding hydrogens is 327 g/mol. The SMILES string of the molecule is COC(=O)[C@@](O)([C@@H](Cl)C(=O)Nc1ccc(C)cc1)C(F)(F)F. The maximum absolute atomic E-state index is 12.9. The molecule has 122 valence electrons. The van der Waals surface area contributed by atoms with E-state index in [9.17, 15) is 27.9 Å². The lowest BCUT2D eigenvalue weighted by Gasteiger charge is -2.30. The normalized spacial score (nSPS) is 15.6. The van der Waals surface area contributed by atoms with E-state index in [0.29, 0.717) is 7.11 Å². The molecule has 0 unspecified atom stereocenters. The molecule has 1 aromatic rings. The van der Waals surface area contributed by atoms with Gasteiger partial charge in [-0.2, -0.15) is 13.2 Å². The topological polar surface area (TPSA) is 75.6 Å². The monoisotopic (exact) mass is 339 g/mol. The van der Waals surface area contributed by atoms with E-state index < -0.39 is 29.0 Å². The number of alkyl halides is 4. The maximum Gasteiger partial charge on any atom is 0.430 e. The molecule has 0 saturated carbocycles. The lowest BCUT2D eigenvalue weighted by atomic mass is 9.97. The van der Waals surface area contributed by atoms with Crippen molar-refractivity contribution in [3.8, 4) is 0 Å². The first kappa shape index (κ1) is 18.2. The van der Waals surface area contributed by atoms with Gasteiger partial charge in [0.05, 0.1) is 7.11 Å². The van der Waals surface area contributed by atoms with Crippen LogP contribution in [0.4, 0.5) is 18.9 Å². The average molecular weight is 340 g/mol. The van der Waals surface area contributed by atoms with E-state index in [1.165, 1.54) is 12.1 Å². The van der Waals surface area contributed by atoms with Crippen molar-refractivity contribution in [3.05, 3.63) is 29.8 Å². The van der Waals surface area contributed by atoms with Gasteiger partial charge in [0.25, 0.3) is 5.60 Å². The van der Waals surface area contributed by atoms with Crippen LogP contribution in [0.5, 0.6) is 0 Å². The number of carbonyl (C=O) groups excluding carboxylic acids is 2. The van der Waals surface area contributed by atoms with Crippen molar-refractivity contribution in [2.24, 2.45) is 0 Å². The Balaban J connectivity index is 3.04. The molecule has 1 rings (SSSR count). The van der Waals surface area contributed by atoms with Crippen LogP contribution in [0.3, 0.4) is 0 Å². The van der Waals surface area contributed by atoms with Gasteiger partial charge in [-0.05, 0) is 19.1 Å². The summed E-state index contributed by atoms with van der Waals surface area (Å²) in [4.78, 5) is 23.1. The number of nitrogens with one attached hydrogen (secondary N) is 1. The summed E-state index contributed by atoms with van der Waals surface area (Å²) < 4.78 is 42.7. The minimum Gasteiger partial charge on any atom is -0.467 e. The van der Waals surface area contributed by atoms with Crippen LogP contribution >= 0.6 is 11.6 Å². The fourth-order valence-corrected chi connectivity index (χ4v) is 1.82. The van der Waals surface area contributed by atoms with Gasteiger partial charge in [-0.25, -0.2) is 4.79 Å². The molecule has 0 saturated heterocycles. The molecule has 0 aliphatic carbocycles. The van der Waals surface area contributed by atoms with E-state index in [4.69, 9.17) is 11.6 Å². The van der Waals surface area contributed by atoms with Crippen LogP contribution in [0.15, 0.2) is 24.3 Å². The molecule has 1 aromatic carbocycles. The number of hydrogen-bond acceptors (Lipinski definition) is 4. The first-order chi connectivity index (χ1) is 10.0. The third-order valence-electron chi connectivity index (χ3n) is 2.84. The fraction of sp³-hybridized carbons (Fsp3) is 0.385. The Bertz CT molecular complexity index is 561. The summed E-state index contributed by atoms with van der Waals surface area (Å²) in [6, 6.07) is 6.08. The fourth-order valence-electron chi connectivity index (χ4n) is 1.55. The number of esters is 1. The van der Waals surface area contributed by atoms with Crippen molar-refractivity contribution in [1.82, 2.24) is 0 Å². The van der Waals surface area contributed by atoms with Crippen LogP contribution < -0.4 is 5.32 Å². The molecule has 2 N–H and O–H groups in total. The van der Waals surface area contributed by atoms with Crippen molar-refractivity contribution >= 4 is 29.2 Å². The van der Waals surface area contributed by atoms with Crippen molar-refractivity contribution in [2.75, 3.05) is 12.4 Å². The Kier molecular flexibility index (Phi) is 5.42. The largest absolute Gasteiger partial charge is 0.467 e. The van der Waals surface area contributed by atoms with Gasteiger partial charge < -0.3 is 15.2 Å². The number of carbonyl (C=O) groups is 2. The van der Waals surface area contributed by atoms with Crippen molar-refractivity contribution in [2.45, 2.75) is 24.1 Å². The van der Waals surface area contributed by atoms with Gasteiger partial charge in [0, 0.05) is 5.69 Å². The van der Waals surface area contributed by atoms with Gasteiger partial charge in [0.2, 0.25) is 5.91 Å². The zero-order valence-electron chi connectivity index (χ0n) is 11.6. The first-order valence-electron chi connectivity index (χ1n) is 5.93. The summed E-state index contributed by atoms with van der Waals surface area (Å²) in [7, 11) is 0.639. The molecule has 0 heterocycles. The summed E-state index contributed by atoms with van der Waals surface area (Å²) in [6.45, 7) is 1.77. The van der Waals surface area contributed by atoms with Crippen LogP contribution in [0.25, 0.3) is 0 Å². The zero-order valence-corrected chi connectivity index (χ0v) is 12.3. The summed E-state index contributed by atoms with van der Waals surface area (Å²) in [5, 5.41) is 9.05. The highest BCUT2D eigenvalue weighted by Gasteiger charge is 2.67. The van der Waals surface area contributed by atoms with Crippen LogP contribution in [-0.4, -0.2) is 41.2 Å². The van der Waals surface area contributed by atoms with Gasteiger partial charge in [0.1, 0.15) is 0 Å². The molecule has 2 atom stereocenters. The Labute approximate surface area is 129 Å². The Morgan fingerprint density at radius 3 is 2.18 bits per heavy atom. The molecule has 0 bridgehead atoms. The Morgan fingerprint density at radius 1 is 1.27 bits per heavy atom. The number of anilines is 1. The van der Waals surface area contributed by atoms with Gasteiger partial charge in [-0.1, -0.05) is 17.7 Å². The standard InChI is InChI=1S/C13H13ClF3NO4/c1-7-3-5-8(6-4-7)18-10(19)9(14)12(21,11(20)22-2)13(15,16)17/h3-6,9,21H,1-2H3,(H,18,19)/t9-,12-/m0/s1. The predicted molar refractivity (Wildman–Crippen MR) is 72.5 cm³/mol. The van der Waals surface area contributed by atoms with E-state index in [1.54, 1.807) is 19.1 Å². The smallest absolute Gasteiger partial charge is 0.430 e. The number of ether oxygens (including phenoxy) is 1. The third-order valence-corrected chi connectivity index (χ3v) is 3.36. The van der Waals surface area contributed by atoms with E-state index in [0.717, 1.165) is 5.56 Å². The van der Waals surface area contributed by atoms with E-state index in [-0.39, 0.29) is 5.69 Å². The summed E-state index contributed by atoms with van der Waals surface area (Å²) in [6.07, 6.45) is -5.49. The molecule has 0 radical (unpaired) electrons. The minimum absolute atomic E-state index is 0.163. The number of aliphatic hydroxyl groups is 1. The highest BCUT2D eigenvalue weighted by molar-refractivity contribution is 6.35. The second-order valence-corrected chi connectivity index (χ2v) is 4.91. The van der Waals surface area contributed by atoms with Crippen LogP contribution in [0.1, 0.15) is 5.56 Å². The first-order valence-corrected chi connectivity index (χ1v) is 6.36. The Morgan fingerprint density at radius 2 is 1.77 bits per heavy atom. The highest BCUT2D eigenvalue weighted by Crippen LogP contribution is 2.37. The van der Waals surface area contributed by atoms with Crippen LogP contribution in [0, 0.1) is 6.92 Å². The molecule has 0 aliphatic rings. The molecule has 9 heteroatoms. The number of amides is 1. The second kappa shape index (κ2) is 6.53. The lowest BCUT2D eigenvalue weighted by Crippen LogP contribution is -2.62.